The van der Waals surface area contributed by atoms with Crippen LogP contribution in [0.3, 0.4) is 0 Å². The van der Waals surface area contributed by atoms with Crippen LogP contribution in [-0.2, 0) is 4.74 Å². The smallest absolute Gasteiger partial charge is 0.331 e. The third kappa shape index (κ3) is 3.07. The van der Waals surface area contributed by atoms with Crippen LogP contribution in [0.15, 0.2) is 12.1 Å². The molecule has 0 bridgehead atoms. The summed E-state index contributed by atoms with van der Waals surface area (Å²) in [5.74, 6) is 0.552. The first kappa shape index (κ1) is 12.6. The summed E-state index contributed by atoms with van der Waals surface area (Å²) < 4.78 is 10.7. The molecule has 2 heterocycles. The molecular formula is C11H15N3O4. The molecular weight excluding hydrogens is 238 g/mol. The van der Waals surface area contributed by atoms with Gasteiger partial charge >= 0.3 is 5.69 Å². The van der Waals surface area contributed by atoms with Crippen molar-refractivity contribution in [3.05, 3.63) is 22.2 Å². The maximum Gasteiger partial charge on any atom is 0.331 e. The zero-order valence-corrected chi connectivity index (χ0v) is 9.87. The van der Waals surface area contributed by atoms with Crippen LogP contribution in [-0.4, -0.2) is 29.7 Å². The van der Waals surface area contributed by atoms with Gasteiger partial charge in [0.05, 0.1) is 11.5 Å². The quantitative estimate of drug-likeness (QED) is 0.642. The summed E-state index contributed by atoms with van der Waals surface area (Å²) in [6, 6.07) is 2.70. The zero-order chi connectivity index (χ0) is 13.0. The van der Waals surface area contributed by atoms with Crippen LogP contribution in [0, 0.1) is 16.0 Å². The Morgan fingerprint density at radius 1 is 1.50 bits per heavy atom. The standard InChI is InChI=1S/C11H15N3O4/c12-10-2-1-9(14(15)16)11(13-10)18-7-8-3-5-17-6-4-8/h1-2,8H,3-7H2,(H2,12,13). The van der Waals surface area contributed by atoms with Crippen LogP contribution in [0.5, 0.6) is 5.88 Å². The first-order chi connectivity index (χ1) is 8.66. The van der Waals surface area contributed by atoms with E-state index in [1.54, 1.807) is 0 Å². The van der Waals surface area contributed by atoms with Crippen LogP contribution in [0.2, 0.25) is 0 Å². The Hall–Kier alpha value is -1.89. The predicted octanol–water partition coefficient (Wildman–Crippen LogP) is 1.38. The zero-order valence-electron chi connectivity index (χ0n) is 9.87. The molecule has 0 radical (unpaired) electrons. The van der Waals surface area contributed by atoms with Gasteiger partial charge in [0.1, 0.15) is 5.82 Å². The van der Waals surface area contributed by atoms with Crippen molar-refractivity contribution in [1.29, 1.82) is 0 Å². The number of ether oxygens (including phenoxy) is 2. The first-order valence-electron chi connectivity index (χ1n) is 5.78. The molecule has 1 aromatic heterocycles. The van der Waals surface area contributed by atoms with Gasteiger partial charge in [0.25, 0.3) is 5.88 Å². The summed E-state index contributed by atoms with van der Waals surface area (Å²) in [4.78, 5) is 14.1. The van der Waals surface area contributed by atoms with E-state index in [9.17, 15) is 10.1 Å². The van der Waals surface area contributed by atoms with Crippen LogP contribution in [0.25, 0.3) is 0 Å². The Balaban J connectivity index is 2.03. The SMILES string of the molecule is Nc1ccc([N+](=O)[O-])c(OCC2CCOCC2)n1. The molecule has 2 N–H and O–H groups in total. The van der Waals surface area contributed by atoms with Crippen molar-refractivity contribution >= 4 is 11.5 Å². The molecule has 1 saturated heterocycles. The second kappa shape index (κ2) is 5.63. The Bertz CT molecular complexity index is 432. The highest BCUT2D eigenvalue weighted by Gasteiger charge is 2.20. The summed E-state index contributed by atoms with van der Waals surface area (Å²) >= 11 is 0. The minimum atomic E-state index is -0.522. The molecule has 1 aliphatic heterocycles. The van der Waals surface area contributed by atoms with Gasteiger partial charge in [-0.15, -0.1) is 0 Å². The molecule has 0 spiro atoms. The van der Waals surface area contributed by atoms with Crippen LogP contribution >= 0.6 is 0 Å². The highest BCUT2D eigenvalue weighted by Crippen LogP contribution is 2.26. The van der Waals surface area contributed by atoms with E-state index in [4.69, 9.17) is 15.2 Å². The topological polar surface area (TPSA) is 101 Å². The summed E-state index contributed by atoms with van der Waals surface area (Å²) in [6.45, 7) is 1.82. The van der Waals surface area contributed by atoms with E-state index in [0.717, 1.165) is 12.8 Å². The predicted molar refractivity (Wildman–Crippen MR) is 64.3 cm³/mol. The van der Waals surface area contributed by atoms with Gasteiger partial charge in [0.15, 0.2) is 0 Å². The number of nitrogen functional groups attached to an aromatic ring is 1. The number of nitro groups is 1. The van der Waals surface area contributed by atoms with E-state index in [1.807, 2.05) is 0 Å². The highest BCUT2D eigenvalue weighted by atomic mass is 16.6. The van der Waals surface area contributed by atoms with Crippen LogP contribution in [0.1, 0.15) is 12.8 Å². The number of aromatic nitrogens is 1. The van der Waals surface area contributed by atoms with Gasteiger partial charge in [-0.25, -0.2) is 0 Å². The number of nitrogens with zero attached hydrogens (tertiary/aromatic N) is 2. The van der Waals surface area contributed by atoms with Crippen molar-refractivity contribution in [2.45, 2.75) is 12.8 Å². The van der Waals surface area contributed by atoms with Gasteiger partial charge in [0, 0.05) is 19.3 Å². The molecule has 0 atom stereocenters. The van der Waals surface area contributed by atoms with E-state index < -0.39 is 4.92 Å². The lowest BCUT2D eigenvalue weighted by Gasteiger charge is -2.21. The lowest BCUT2D eigenvalue weighted by Crippen LogP contribution is -2.22. The van der Waals surface area contributed by atoms with E-state index in [-0.39, 0.29) is 17.4 Å². The maximum absolute atomic E-state index is 10.8. The normalized spacial score (nSPS) is 16.4. The van der Waals surface area contributed by atoms with Crippen LogP contribution in [0.4, 0.5) is 11.5 Å². The molecule has 1 aromatic rings. The molecule has 0 aromatic carbocycles. The Labute approximate surface area is 104 Å². The monoisotopic (exact) mass is 253 g/mol. The molecule has 0 unspecified atom stereocenters. The van der Waals surface area contributed by atoms with E-state index in [1.165, 1.54) is 12.1 Å². The summed E-state index contributed by atoms with van der Waals surface area (Å²) in [6.07, 6.45) is 1.80. The molecule has 1 fully saturated rings. The Morgan fingerprint density at radius 2 is 2.22 bits per heavy atom. The van der Waals surface area contributed by atoms with Gasteiger partial charge in [-0.05, 0) is 24.8 Å². The molecule has 7 heteroatoms. The number of pyridine rings is 1. The summed E-state index contributed by atoms with van der Waals surface area (Å²) in [5.41, 5.74) is 5.35. The lowest BCUT2D eigenvalue weighted by molar-refractivity contribution is -0.386. The van der Waals surface area contributed by atoms with Gasteiger partial charge in [-0.1, -0.05) is 0 Å². The summed E-state index contributed by atoms with van der Waals surface area (Å²) in [7, 11) is 0. The van der Waals surface area contributed by atoms with Crippen molar-refractivity contribution < 1.29 is 14.4 Å². The number of hydrogen-bond donors (Lipinski definition) is 1. The number of hydrogen-bond acceptors (Lipinski definition) is 6. The van der Waals surface area contributed by atoms with Gasteiger partial charge in [0.2, 0.25) is 0 Å². The molecule has 7 nitrogen and oxygen atoms in total. The minimum Gasteiger partial charge on any atom is -0.472 e. The molecule has 0 saturated carbocycles. The molecule has 2 rings (SSSR count). The largest absolute Gasteiger partial charge is 0.472 e. The number of anilines is 1. The molecule has 1 aliphatic rings. The first-order valence-corrected chi connectivity index (χ1v) is 5.78. The molecule has 18 heavy (non-hydrogen) atoms. The molecule has 0 amide bonds. The molecule has 98 valence electrons. The summed E-state index contributed by atoms with van der Waals surface area (Å²) in [5, 5.41) is 10.8. The highest BCUT2D eigenvalue weighted by molar-refractivity contribution is 5.46. The second-order valence-electron chi connectivity index (χ2n) is 4.18. The Morgan fingerprint density at radius 3 is 2.89 bits per heavy atom. The average molecular weight is 253 g/mol. The van der Waals surface area contributed by atoms with Gasteiger partial charge < -0.3 is 15.2 Å². The Kier molecular flexibility index (Phi) is 3.93. The third-order valence-corrected chi connectivity index (χ3v) is 2.86. The van der Waals surface area contributed by atoms with Crippen molar-refractivity contribution in [2.24, 2.45) is 5.92 Å². The van der Waals surface area contributed by atoms with E-state index in [2.05, 4.69) is 4.98 Å². The van der Waals surface area contributed by atoms with E-state index >= 15 is 0 Å². The van der Waals surface area contributed by atoms with Crippen molar-refractivity contribution in [3.8, 4) is 5.88 Å². The van der Waals surface area contributed by atoms with Crippen molar-refractivity contribution in [3.63, 3.8) is 0 Å². The lowest BCUT2D eigenvalue weighted by atomic mass is 10.0. The van der Waals surface area contributed by atoms with Crippen molar-refractivity contribution in [1.82, 2.24) is 4.98 Å². The average Bonchev–Trinajstić information content (AvgIpc) is 2.37. The van der Waals surface area contributed by atoms with E-state index in [0.29, 0.717) is 25.7 Å². The van der Waals surface area contributed by atoms with Crippen molar-refractivity contribution in [2.75, 3.05) is 25.6 Å². The fourth-order valence-corrected chi connectivity index (χ4v) is 1.80. The number of nitrogens with two attached hydrogens (primary N) is 1. The fourth-order valence-electron chi connectivity index (χ4n) is 1.80. The van der Waals surface area contributed by atoms with Gasteiger partial charge in [-0.3, -0.25) is 10.1 Å². The fraction of sp³-hybridized carbons (Fsp3) is 0.545. The second-order valence-corrected chi connectivity index (χ2v) is 4.18. The minimum absolute atomic E-state index is 0.00788. The third-order valence-electron chi connectivity index (χ3n) is 2.86. The van der Waals surface area contributed by atoms with Crippen LogP contribution < -0.4 is 10.5 Å². The maximum atomic E-state index is 10.8. The number of rotatable bonds is 4. The van der Waals surface area contributed by atoms with Gasteiger partial charge in [-0.2, -0.15) is 4.98 Å². The molecule has 0 aliphatic carbocycles.